The number of nitrogens with zero attached hydrogens (tertiary/aromatic N) is 3. The highest BCUT2D eigenvalue weighted by atomic mass is 35.5. The summed E-state index contributed by atoms with van der Waals surface area (Å²) < 4.78 is 3.26. The van der Waals surface area contributed by atoms with Crippen molar-refractivity contribution in [2.45, 2.75) is 6.54 Å². The minimum absolute atomic E-state index is 0.0542. The van der Waals surface area contributed by atoms with Gasteiger partial charge in [-0.3, -0.25) is 14.9 Å². The van der Waals surface area contributed by atoms with E-state index in [1.165, 1.54) is 34.8 Å². The summed E-state index contributed by atoms with van der Waals surface area (Å²) in [4.78, 5) is 28.3. The first-order valence-electron chi connectivity index (χ1n) is 7.97. The molecule has 0 atom stereocenters. The minimum atomic E-state index is -0.476. The molecule has 2 aromatic carbocycles. The van der Waals surface area contributed by atoms with Crippen LogP contribution in [0.5, 0.6) is 0 Å². The highest BCUT2D eigenvalue weighted by Crippen LogP contribution is 2.35. The van der Waals surface area contributed by atoms with E-state index in [-0.39, 0.29) is 12.2 Å². The van der Waals surface area contributed by atoms with E-state index < -0.39 is 10.8 Å². The number of nitro benzene ring substituents is 1. The van der Waals surface area contributed by atoms with E-state index in [2.05, 4.69) is 10.9 Å². The van der Waals surface area contributed by atoms with Crippen LogP contribution >= 0.6 is 34.3 Å². The Hall–Kier alpha value is -2.99. The maximum absolute atomic E-state index is 12.8. The van der Waals surface area contributed by atoms with Crippen molar-refractivity contribution in [2.75, 3.05) is 0 Å². The lowest BCUT2D eigenvalue weighted by Crippen LogP contribution is -2.16. The van der Waals surface area contributed by atoms with Crippen molar-refractivity contribution >= 4 is 66.2 Å². The van der Waals surface area contributed by atoms with Crippen LogP contribution in [0.4, 0.5) is 5.69 Å². The molecule has 9 heteroatoms. The van der Waals surface area contributed by atoms with E-state index in [9.17, 15) is 14.9 Å². The average Bonchev–Trinajstić information content (AvgIpc) is 3.20. The molecule has 0 fully saturated rings. The third-order valence-corrected chi connectivity index (χ3v) is 6.77. The second-order valence-corrected chi connectivity index (χ2v) is 8.18. The van der Waals surface area contributed by atoms with Crippen LogP contribution in [0.2, 0.25) is 5.02 Å². The molecule has 0 spiro atoms. The standard InChI is InChI=1S/C19H10ClN3O3S2/c1-2-9-22-13-10-11(23(25)26)7-8-15(13)28-19(22)21-18(24)17-16(20)12-5-3-4-6-14(12)27-17/h1,3-8,10H,9H2. The second kappa shape index (κ2) is 7.20. The highest BCUT2D eigenvalue weighted by molar-refractivity contribution is 7.21. The van der Waals surface area contributed by atoms with Crippen LogP contribution in [0.3, 0.4) is 0 Å². The molecule has 138 valence electrons. The molecular weight excluding hydrogens is 418 g/mol. The SMILES string of the molecule is C#CCn1c(=NC(=O)c2sc3ccccc3c2Cl)sc2ccc([N+](=O)[O-])cc21. The molecule has 0 aliphatic heterocycles. The van der Waals surface area contributed by atoms with Gasteiger partial charge in [0.25, 0.3) is 11.6 Å². The number of aromatic nitrogens is 1. The highest BCUT2D eigenvalue weighted by Gasteiger charge is 2.18. The number of hydrogen-bond acceptors (Lipinski definition) is 5. The van der Waals surface area contributed by atoms with Gasteiger partial charge in [0.1, 0.15) is 4.88 Å². The molecule has 4 aromatic rings. The lowest BCUT2D eigenvalue weighted by atomic mass is 10.2. The van der Waals surface area contributed by atoms with Crippen LogP contribution in [0.25, 0.3) is 20.3 Å². The third kappa shape index (κ3) is 3.10. The van der Waals surface area contributed by atoms with Gasteiger partial charge in [-0.05, 0) is 12.1 Å². The number of benzene rings is 2. The number of thiazole rings is 1. The Bertz CT molecular complexity index is 1370. The first-order valence-corrected chi connectivity index (χ1v) is 9.98. The minimum Gasteiger partial charge on any atom is -0.304 e. The summed E-state index contributed by atoms with van der Waals surface area (Å²) in [5.74, 6) is 2.03. The number of nitro groups is 1. The maximum Gasteiger partial charge on any atom is 0.291 e. The van der Waals surface area contributed by atoms with Gasteiger partial charge < -0.3 is 4.57 Å². The molecule has 6 nitrogen and oxygen atoms in total. The fraction of sp³-hybridized carbons (Fsp3) is 0.0526. The van der Waals surface area contributed by atoms with Crippen LogP contribution in [0.15, 0.2) is 47.5 Å². The normalized spacial score (nSPS) is 11.8. The van der Waals surface area contributed by atoms with Gasteiger partial charge in [0, 0.05) is 22.2 Å². The number of carbonyl (C=O) groups is 1. The molecule has 0 radical (unpaired) electrons. The van der Waals surface area contributed by atoms with Crippen LogP contribution in [0, 0.1) is 22.5 Å². The first kappa shape index (κ1) is 18.4. The number of hydrogen-bond donors (Lipinski definition) is 0. The summed E-state index contributed by atoms with van der Waals surface area (Å²) in [6, 6.07) is 11.9. The number of amides is 1. The molecule has 0 bridgehead atoms. The fourth-order valence-electron chi connectivity index (χ4n) is 2.79. The zero-order valence-electron chi connectivity index (χ0n) is 14.1. The first-order chi connectivity index (χ1) is 13.5. The molecule has 0 unspecified atom stereocenters. The number of non-ortho nitro benzene ring substituents is 1. The van der Waals surface area contributed by atoms with Gasteiger partial charge >= 0.3 is 0 Å². The number of thiophene rings is 1. The van der Waals surface area contributed by atoms with E-state index in [4.69, 9.17) is 18.0 Å². The summed E-state index contributed by atoms with van der Waals surface area (Å²) in [6.45, 7) is 0.132. The summed E-state index contributed by atoms with van der Waals surface area (Å²) >= 11 is 8.89. The topological polar surface area (TPSA) is 77.5 Å². The number of rotatable bonds is 3. The van der Waals surface area contributed by atoms with Gasteiger partial charge in [0.15, 0.2) is 4.80 Å². The summed E-state index contributed by atoms with van der Waals surface area (Å²) in [6.07, 6.45) is 5.45. The number of terminal acetylenes is 1. The van der Waals surface area contributed by atoms with Crippen LogP contribution in [0.1, 0.15) is 9.67 Å². The van der Waals surface area contributed by atoms with Crippen molar-refractivity contribution in [1.82, 2.24) is 4.57 Å². The molecule has 0 N–H and O–H groups in total. The van der Waals surface area contributed by atoms with E-state index in [0.29, 0.717) is 20.2 Å². The van der Waals surface area contributed by atoms with Crippen molar-refractivity contribution in [3.05, 3.63) is 67.3 Å². The Kier molecular flexibility index (Phi) is 4.73. The van der Waals surface area contributed by atoms with Gasteiger partial charge in [0.05, 0.1) is 26.7 Å². The predicted molar refractivity (Wildman–Crippen MR) is 112 cm³/mol. The third-order valence-electron chi connectivity index (χ3n) is 4.05. The summed E-state index contributed by atoms with van der Waals surface area (Å²) in [7, 11) is 0. The zero-order chi connectivity index (χ0) is 19.8. The van der Waals surface area contributed by atoms with Crippen molar-refractivity contribution in [1.29, 1.82) is 0 Å². The lowest BCUT2D eigenvalue weighted by Gasteiger charge is -1.99. The Morgan fingerprint density at radius 3 is 2.75 bits per heavy atom. The van der Waals surface area contributed by atoms with Gasteiger partial charge in [-0.25, -0.2) is 0 Å². The molecule has 0 saturated heterocycles. The van der Waals surface area contributed by atoms with Crippen molar-refractivity contribution < 1.29 is 9.72 Å². The van der Waals surface area contributed by atoms with Crippen LogP contribution in [-0.4, -0.2) is 15.4 Å². The Balaban J connectivity index is 1.89. The number of halogens is 1. The van der Waals surface area contributed by atoms with Crippen molar-refractivity contribution in [3.63, 3.8) is 0 Å². The molecule has 1 amide bonds. The molecule has 0 saturated carbocycles. The Morgan fingerprint density at radius 2 is 2.04 bits per heavy atom. The summed E-state index contributed by atoms with van der Waals surface area (Å²) in [5, 5.41) is 12.2. The molecule has 2 aromatic heterocycles. The van der Waals surface area contributed by atoms with E-state index in [1.807, 2.05) is 24.3 Å². The van der Waals surface area contributed by atoms with Gasteiger partial charge in [0.2, 0.25) is 0 Å². The summed E-state index contributed by atoms with van der Waals surface area (Å²) in [5.41, 5.74) is 0.507. The van der Waals surface area contributed by atoms with Gasteiger partial charge in [-0.15, -0.1) is 17.8 Å². The van der Waals surface area contributed by atoms with Gasteiger partial charge in [-0.2, -0.15) is 4.99 Å². The van der Waals surface area contributed by atoms with Crippen molar-refractivity contribution in [3.8, 4) is 12.3 Å². The maximum atomic E-state index is 12.8. The molecule has 0 aliphatic rings. The van der Waals surface area contributed by atoms with Crippen LogP contribution < -0.4 is 4.80 Å². The van der Waals surface area contributed by atoms with Gasteiger partial charge in [-0.1, -0.05) is 47.1 Å². The molecule has 0 aliphatic carbocycles. The van der Waals surface area contributed by atoms with E-state index in [0.717, 1.165) is 14.8 Å². The quantitative estimate of drug-likeness (QED) is 0.266. The van der Waals surface area contributed by atoms with E-state index in [1.54, 1.807) is 10.6 Å². The predicted octanol–water partition coefficient (Wildman–Crippen LogP) is 4.85. The Labute approximate surface area is 171 Å². The average molecular weight is 428 g/mol. The molecular formula is C19H10ClN3O3S2. The second-order valence-electron chi connectivity index (χ2n) is 5.74. The molecule has 4 rings (SSSR count). The number of carbonyl (C=O) groups excluding carboxylic acids is 1. The van der Waals surface area contributed by atoms with Crippen LogP contribution in [-0.2, 0) is 6.54 Å². The fourth-order valence-corrected chi connectivity index (χ4v) is 5.19. The largest absolute Gasteiger partial charge is 0.304 e. The van der Waals surface area contributed by atoms with E-state index >= 15 is 0 Å². The molecule has 2 heterocycles. The lowest BCUT2D eigenvalue weighted by molar-refractivity contribution is -0.384. The Morgan fingerprint density at radius 1 is 1.25 bits per heavy atom. The zero-order valence-corrected chi connectivity index (χ0v) is 16.5. The molecule has 28 heavy (non-hydrogen) atoms. The number of fused-ring (bicyclic) bond motifs is 2. The monoisotopic (exact) mass is 427 g/mol. The van der Waals surface area contributed by atoms with Crippen molar-refractivity contribution in [2.24, 2.45) is 4.99 Å². The smallest absolute Gasteiger partial charge is 0.291 e.